The molecule has 0 atom stereocenters. The SMILES string of the molecule is CC(C)CN=C(NC#N)NC(C)C. The van der Waals surface area contributed by atoms with Crippen LogP contribution in [0.15, 0.2) is 4.99 Å². The number of guanidine groups is 1. The first-order valence-electron chi connectivity index (χ1n) is 4.52. The van der Waals surface area contributed by atoms with E-state index in [2.05, 4.69) is 29.5 Å². The first-order valence-corrected chi connectivity index (χ1v) is 4.52. The summed E-state index contributed by atoms with van der Waals surface area (Å²) in [5.74, 6) is 1.07. The molecule has 0 rings (SSSR count). The third kappa shape index (κ3) is 7.13. The van der Waals surface area contributed by atoms with Gasteiger partial charge in [-0.15, -0.1) is 0 Å². The maximum atomic E-state index is 8.43. The summed E-state index contributed by atoms with van der Waals surface area (Å²) in [4.78, 5) is 4.23. The fourth-order valence-corrected chi connectivity index (χ4v) is 0.722. The van der Waals surface area contributed by atoms with Gasteiger partial charge >= 0.3 is 0 Å². The lowest BCUT2D eigenvalue weighted by atomic mass is 10.2. The predicted octanol–water partition coefficient (Wildman–Crippen LogP) is 1.07. The van der Waals surface area contributed by atoms with E-state index in [4.69, 9.17) is 5.26 Å². The fraction of sp³-hybridized carbons (Fsp3) is 0.778. The average Bonchev–Trinajstić information content (AvgIpc) is 1.99. The third-order valence-corrected chi connectivity index (χ3v) is 1.21. The summed E-state index contributed by atoms with van der Waals surface area (Å²) in [5, 5.41) is 14.0. The van der Waals surface area contributed by atoms with Crippen LogP contribution in [0, 0.1) is 17.4 Å². The number of nitrogens with one attached hydrogen (secondary N) is 2. The highest BCUT2D eigenvalue weighted by molar-refractivity contribution is 5.81. The molecule has 0 aromatic carbocycles. The highest BCUT2D eigenvalue weighted by atomic mass is 15.2. The molecular weight excluding hydrogens is 164 g/mol. The second-order valence-corrected chi connectivity index (χ2v) is 3.62. The normalized spacial score (nSPS) is 11.6. The first-order chi connectivity index (χ1) is 6.06. The monoisotopic (exact) mass is 182 g/mol. The van der Waals surface area contributed by atoms with Gasteiger partial charge in [0, 0.05) is 12.6 Å². The number of hydrogen-bond acceptors (Lipinski definition) is 2. The van der Waals surface area contributed by atoms with Crippen molar-refractivity contribution in [1.82, 2.24) is 10.6 Å². The Kier molecular flexibility index (Phi) is 5.69. The van der Waals surface area contributed by atoms with Gasteiger partial charge in [0.1, 0.15) is 0 Å². The van der Waals surface area contributed by atoms with E-state index in [1.54, 1.807) is 0 Å². The van der Waals surface area contributed by atoms with Gasteiger partial charge in [-0.05, 0) is 19.8 Å². The largest absolute Gasteiger partial charge is 0.353 e. The molecule has 0 amide bonds. The van der Waals surface area contributed by atoms with E-state index in [0.29, 0.717) is 11.9 Å². The lowest BCUT2D eigenvalue weighted by Crippen LogP contribution is -2.39. The summed E-state index contributed by atoms with van der Waals surface area (Å²) in [5.41, 5.74) is 0. The highest BCUT2D eigenvalue weighted by Gasteiger charge is 1.99. The van der Waals surface area contributed by atoms with Gasteiger partial charge in [-0.3, -0.25) is 10.3 Å². The number of hydrogen-bond donors (Lipinski definition) is 2. The van der Waals surface area contributed by atoms with Crippen LogP contribution in [0.4, 0.5) is 0 Å². The van der Waals surface area contributed by atoms with E-state index in [-0.39, 0.29) is 6.04 Å². The molecule has 0 spiro atoms. The van der Waals surface area contributed by atoms with Crippen molar-refractivity contribution in [1.29, 1.82) is 5.26 Å². The van der Waals surface area contributed by atoms with Crippen LogP contribution in [0.25, 0.3) is 0 Å². The van der Waals surface area contributed by atoms with E-state index in [1.165, 1.54) is 0 Å². The first kappa shape index (κ1) is 11.8. The molecule has 0 bridgehead atoms. The van der Waals surface area contributed by atoms with Crippen LogP contribution >= 0.6 is 0 Å². The maximum absolute atomic E-state index is 8.43. The van der Waals surface area contributed by atoms with Crippen molar-refractivity contribution in [2.45, 2.75) is 33.7 Å². The van der Waals surface area contributed by atoms with Gasteiger partial charge in [-0.1, -0.05) is 13.8 Å². The van der Waals surface area contributed by atoms with Crippen molar-refractivity contribution < 1.29 is 0 Å². The van der Waals surface area contributed by atoms with Gasteiger partial charge in [-0.25, -0.2) is 0 Å². The molecule has 0 aliphatic carbocycles. The van der Waals surface area contributed by atoms with E-state index >= 15 is 0 Å². The molecule has 0 saturated heterocycles. The number of nitrogens with zero attached hydrogens (tertiary/aromatic N) is 2. The zero-order valence-electron chi connectivity index (χ0n) is 8.76. The lowest BCUT2D eigenvalue weighted by molar-refractivity contribution is 0.651. The molecule has 0 aromatic rings. The Bertz CT molecular complexity index is 200. The van der Waals surface area contributed by atoms with Gasteiger partial charge in [0.25, 0.3) is 0 Å². The fourth-order valence-electron chi connectivity index (χ4n) is 0.722. The van der Waals surface area contributed by atoms with Gasteiger partial charge < -0.3 is 5.32 Å². The molecule has 4 heteroatoms. The summed E-state index contributed by atoms with van der Waals surface area (Å²) >= 11 is 0. The van der Waals surface area contributed by atoms with Crippen LogP contribution in [0.3, 0.4) is 0 Å². The van der Waals surface area contributed by atoms with Crippen LogP contribution in [0.5, 0.6) is 0 Å². The molecule has 0 radical (unpaired) electrons. The quantitative estimate of drug-likeness (QED) is 0.297. The minimum atomic E-state index is 0.284. The second kappa shape index (κ2) is 6.30. The second-order valence-electron chi connectivity index (χ2n) is 3.62. The zero-order valence-corrected chi connectivity index (χ0v) is 8.76. The molecule has 0 saturated carbocycles. The molecule has 0 fully saturated rings. The Balaban J connectivity index is 4.08. The van der Waals surface area contributed by atoms with E-state index in [1.807, 2.05) is 20.0 Å². The van der Waals surface area contributed by atoms with E-state index in [0.717, 1.165) is 6.54 Å². The van der Waals surface area contributed by atoms with Crippen molar-refractivity contribution in [3.05, 3.63) is 0 Å². The Labute approximate surface area is 80.0 Å². The van der Waals surface area contributed by atoms with Gasteiger partial charge in [0.05, 0.1) is 0 Å². The molecule has 0 aliphatic rings. The number of rotatable bonds is 3. The summed E-state index contributed by atoms with van der Waals surface area (Å²) in [7, 11) is 0. The van der Waals surface area contributed by atoms with Crippen molar-refractivity contribution in [2.24, 2.45) is 10.9 Å². The van der Waals surface area contributed by atoms with Gasteiger partial charge in [0.2, 0.25) is 5.96 Å². The third-order valence-electron chi connectivity index (χ3n) is 1.21. The molecule has 4 nitrogen and oxygen atoms in total. The summed E-state index contributed by atoms with van der Waals surface area (Å²) in [6, 6.07) is 0.284. The minimum Gasteiger partial charge on any atom is -0.353 e. The molecule has 2 N–H and O–H groups in total. The Morgan fingerprint density at radius 2 is 2.00 bits per heavy atom. The van der Waals surface area contributed by atoms with Crippen LogP contribution < -0.4 is 10.6 Å². The Hall–Kier alpha value is -1.24. The van der Waals surface area contributed by atoms with E-state index in [9.17, 15) is 0 Å². The maximum Gasteiger partial charge on any atom is 0.204 e. The predicted molar refractivity (Wildman–Crippen MR) is 54.2 cm³/mol. The molecule has 0 unspecified atom stereocenters. The summed E-state index contributed by atoms with van der Waals surface area (Å²) in [6.07, 6.45) is 1.85. The van der Waals surface area contributed by atoms with Crippen LogP contribution in [0.1, 0.15) is 27.7 Å². The molecule has 0 heterocycles. The van der Waals surface area contributed by atoms with Crippen molar-refractivity contribution >= 4 is 5.96 Å². The van der Waals surface area contributed by atoms with Crippen LogP contribution in [0.2, 0.25) is 0 Å². The molecule has 13 heavy (non-hydrogen) atoms. The standard InChI is InChI=1S/C9H18N4/c1-7(2)5-11-9(12-6-10)13-8(3)4/h7-8H,5H2,1-4H3,(H2,11,12,13). The van der Waals surface area contributed by atoms with Crippen LogP contribution in [-0.2, 0) is 0 Å². The van der Waals surface area contributed by atoms with Crippen molar-refractivity contribution in [3.63, 3.8) is 0 Å². The summed E-state index contributed by atoms with van der Waals surface area (Å²) in [6.45, 7) is 8.91. The minimum absolute atomic E-state index is 0.284. The van der Waals surface area contributed by atoms with Gasteiger partial charge in [0.15, 0.2) is 6.19 Å². The molecular formula is C9H18N4. The smallest absolute Gasteiger partial charge is 0.204 e. The Morgan fingerprint density at radius 3 is 2.38 bits per heavy atom. The lowest BCUT2D eigenvalue weighted by Gasteiger charge is -2.11. The Morgan fingerprint density at radius 1 is 1.38 bits per heavy atom. The average molecular weight is 182 g/mol. The number of nitriles is 1. The van der Waals surface area contributed by atoms with Crippen molar-refractivity contribution in [3.8, 4) is 6.19 Å². The topological polar surface area (TPSA) is 60.2 Å². The molecule has 74 valence electrons. The number of aliphatic imine (C=N–C) groups is 1. The van der Waals surface area contributed by atoms with Crippen LogP contribution in [-0.4, -0.2) is 18.5 Å². The summed E-state index contributed by atoms with van der Waals surface area (Å²) < 4.78 is 0. The van der Waals surface area contributed by atoms with Crippen molar-refractivity contribution in [2.75, 3.05) is 6.54 Å². The van der Waals surface area contributed by atoms with E-state index < -0.39 is 0 Å². The highest BCUT2D eigenvalue weighted by Crippen LogP contribution is 1.91. The zero-order chi connectivity index (χ0) is 10.3. The molecule has 0 aliphatic heterocycles. The van der Waals surface area contributed by atoms with Gasteiger partial charge in [-0.2, -0.15) is 5.26 Å². The molecule has 0 aromatic heterocycles.